The van der Waals surface area contributed by atoms with Gasteiger partial charge in [-0.3, -0.25) is 4.79 Å². The van der Waals surface area contributed by atoms with Gasteiger partial charge in [-0.1, -0.05) is 11.6 Å². The van der Waals surface area contributed by atoms with E-state index in [1.165, 1.54) is 30.0 Å². The van der Waals surface area contributed by atoms with Gasteiger partial charge in [0.1, 0.15) is 22.5 Å². The van der Waals surface area contributed by atoms with Crippen LogP contribution in [0.4, 0.5) is 10.1 Å². The topological polar surface area (TPSA) is 65.4 Å². The van der Waals surface area contributed by atoms with Crippen LogP contribution in [-0.4, -0.2) is 29.9 Å². The van der Waals surface area contributed by atoms with Crippen LogP contribution in [0, 0.1) is 12.7 Å². The first kappa shape index (κ1) is 20.4. The van der Waals surface area contributed by atoms with E-state index in [0.29, 0.717) is 39.3 Å². The van der Waals surface area contributed by atoms with Crippen LogP contribution >= 0.6 is 11.6 Å². The number of nitrogens with zero attached hydrogens (tertiary/aromatic N) is 2. The zero-order valence-corrected chi connectivity index (χ0v) is 16.8. The summed E-state index contributed by atoms with van der Waals surface area (Å²) >= 11 is 6.42. The lowest BCUT2D eigenvalue weighted by Gasteiger charge is -2.10. The summed E-state index contributed by atoms with van der Waals surface area (Å²) in [5, 5.41) is 7.43. The Morgan fingerprint density at radius 2 is 1.90 bits per heavy atom. The van der Waals surface area contributed by atoms with E-state index in [-0.39, 0.29) is 11.7 Å². The molecule has 0 fully saturated rings. The highest BCUT2D eigenvalue weighted by atomic mass is 35.5. The Balaban J connectivity index is 1.80. The fourth-order valence-electron chi connectivity index (χ4n) is 2.69. The van der Waals surface area contributed by atoms with Crippen LogP contribution in [0.15, 0.2) is 48.5 Å². The van der Waals surface area contributed by atoms with Crippen molar-refractivity contribution in [1.82, 2.24) is 9.78 Å². The van der Waals surface area contributed by atoms with Crippen LogP contribution in [0.5, 0.6) is 11.5 Å². The molecule has 0 saturated carbocycles. The Morgan fingerprint density at radius 1 is 1.17 bits per heavy atom. The van der Waals surface area contributed by atoms with Crippen molar-refractivity contribution in [2.45, 2.75) is 6.92 Å². The SMILES string of the molecule is COc1ccc(NC(=O)/C=C/c2c(C)nn(-c3ccc(F)cc3)c2Cl)c(OC)c1. The number of aryl methyl sites for hydroxylation is 1. The molecule has 0 spiro atoms. The predicted molar refractivity (Wildman–Crippen MR) is 110 cm³/mol. The van der Waals surface area contributed by atoms with Crippen molar-refractivity contribution in [1.29, 1.82) is 0 Å². The Bertz CT molecular complexity index is 1060. The van der Waals surface area contributed by atoms with E-state index in [1.54, 1.807) is 50.4 Å². The summed E-state index contributed by atoms with van der Waals surface area (Å²) in [6.45, 7) is 1.77. The molecule has 3 aromatic rings. The monoisotopic (exact) mass is 415 g/mol. The highest BCUT2D eigenvalue weighted by Crippen LogP contribution is 2.29. The number of nitrogens with one attached hydrogen (secondary N) is 1. The average Bonchev–Trinajstić information content (AvgIpc) is 3.00. The number of ether oxygens (including phenoxy) is 2. The van der Waals surface area contributed by atoms with Crippen molar-refractivity contribution in [3.63, 3.8) is 0 Å². The highest BCUT2D eigenvalue weighted by molar-refractivity contribution is 6.31. The standard InChI is InChI=1S/C21H19ClFN3O3/c1-13-17(21(22)26(25-13)15-6-4-14(23)5-7-15)9-11-20(27)24-18-10-8-16(28-2)12-19(18)29-3/h4-12H,1-3H3,(H,24,27)/b11-9+. The smallest absolute Gasteiger partial charge is 0.248 e. The van der Waals surface area contributed by atoms with Crippen molar-refractivity contribution in [3.8, 4) is 17.2 Å². The molecule has 0 saturated heterocycles. The summed E-state index contributed by atoms with van der Waals surface area (Å²) in [5.74, 6) is 0.383. The summed E-state index contributed by atoms with van der Waals surface area (Å²) in [4.78, 5) is 12.3. The van der Waals surface area contributed by atoms with Crippen molar-refractivity contribution < 1.29 is 18.7 Å². The number of carbonyl (C=O) groups excluding carboxylic acids is 1. The van der Waals surface area contributed by atoms with Gasteiger partial charge in [-0.25, -0.2) is 9.07 Å². The summed E-state index contributed by atoms with van der Waals surface area (Å²) in [7, 11) is 3.06. The second-order valence-corrected chi connectivity index (χ2v) is 6.42. The number of amides is 1. The van der Waals surface area contributed by atoms with Gasteiger partial charge in [0.25, 0.3) is 0 Å². The Hall–Kier alpha value is -3.32. The maximum atomic E-state index is 13.1. The number of benzene rings is 2. The number of hydrogen-bond donors (Lipinski definition) is 1. The van der Waals surface area contributed by atoms with Gasteiger partial charge in [0.2, 0.25) is 5.91 Å². The molecule has 3 rings (SSSR count). The van der Waals surface area contributed by atoms with E-state index in [1.807, 2.05) is 0 Å². The lowest BCUT2D eigenvalue weighted by Crippen LogP contribution is -2.09. The van der Waals surface area contributed by atoms with E-state index < -0.39 is 0 Å². The van der Waals surface area contributed by atoms with Crippen LogP contribution in [0.25, 0.3) is 11.8 Å². The second kappa shape index (κ2) is 8.79. The Labute approximate surface area is 172 Å². The summed E-state index contributed by atoms with van der Waals surface area (Å²) in [6.07, 6.45) is 2.94. The van der Waals surface area contributed by atoms with E-state index >= 15 is 0 Å². The molecule has 0 aliphatic heterocycles. The minimum Gasteiger partial charge on any atom is -0.497 e. The molecule has 29 heavy (non-hydrogen) atoms. The van der Waals surface area contributed by atoms with Crippen LogP contribution in [0.1, 0.15) is 11.3 Å². The number of aromatic nitrogens is 2. The van der Waals surface area contributed by atoms with E-state index in [2.05, 4.69) is 10.4 Å². The summed E-state index contributed by atoms with van der Waals surface area (Å²) in [5.41, 5.74) is 2.34. The largest absolute Gasteiger partial charge is 0.497 e. The lowest BCUT2D eigenvalue weighted by atomic mass is 10.2. The molecule has 8 heteroatoms. The van der Waals surface area contributed by atoms with Crippen molar-refractivity contribution in [2.75, 3.05) is 19.5 Å². The normalized spacial score (nSPS) is 10.9. The molecule has 0 unspecified atom stereocenters. The van der Waals surface area contributed by atoms with E-state index in [4.69, 9.17) is 21.1 Å². The van der Waals surface area contributed by atoms with Crippen molar-refractivity contribution in [3.05, 3.63) is 70.8 Å². The third kappa shape index (κ3) is 4.57. The number of halogens is 2. The lowest BCUT2D eigenvalue weighted by molar-refractivity contribution is -0.111. The number of hydrogen-bond acceptors (Lipinski definition) is 4. The molecule has 1 aromatic heterocycles. The molecule has 2 aromatic carbocycles. The second-order valence-electron chi connectivity index (χ2n) is 6.07. The zero-order chi connectivity index (χ0) is 21.0. The molecule has 0 atom stereocenters. The first-order valence-corrected chi connectivity index (χ1v) is 9.03. The fourth-order valence-corrected chi connectivity index (χ4v) is 3.02. The number of rotatable bonds is 6. The molecule has 6 nitrogen and oxygen atoms in total. The quantitative estimate of drug-likeness (QED) is 0.595. The molecule has 1 amide bonds. The van der Waals surface area contributed by atoms with Crippen LogP contribution < -0.4 is 14.8 Å². The fraction of sp³-hybridized carbons (Fsp3) is 0.143. The highest BCUT2D eigenvalue weighted by Gasteiger charge is 2.13. The molecule has 0 aliphatic carbocycles. The van der Waals surface area contributed by atoms with Gasteiger partial charge < -0.3 is 14.8 Å². The molecule has 1 N–H and O–H groups in total. The number of methoxy groups -OCH3 is 2. The van der Waals surface area contributed by atoms with Crippen LogP contribution in [-0.2, 0) is 4.79 Å². The maximum absolute atomic E-state index is 13.1. The van der Waals surface area contributed by atoms with Crippen molar-refractivity contribution in [2.24, 2.45) is 0 Å². The minimum atomic E-state index is -0.363. The summed E-state index contributed by atoms with van der Waals surface area (Å²) < 4.78 is 25.0. The summed E-state index contributed by atoms with van der Waals surface area (Å²) in [6, 6.07) is 10.9. The van der Waals surface area contributed by atoms with Gasteiger partial charge in [-0.05, 0) is 49.4 Å². The van der Waals surface area contributed by atoms with Crippen molar-refractivity contribution >= 4 is 29.3 Å². The minimum absolute atomic E-state index is 0.320. The number of anilines is 1. The third-order valence-electron chi connectivity index (χ3n) is 4.19. The number of carbonyl (C=O) groups is 1. The van der Waals surface area contributed by atoms with E-state index in [9.17, 15) is 9.18 Å². The maximum Gasteiger partial charge on any atom is 0.248 e. The first-order valence-electron chi connectivity index (χ1n) is 8.65. The molecular formula is C21H19ClFN3O3. The van der Waals surface area contributed by atoms with Crippen LogP contribution in [0.3, 0.4) is 0 Å². The first-order chi connectivity index (χ1) is 13.9. The molecule has 0 radical (unpaired) electrons. The Kier molecular flexibility index (Phi) is 6.19. The molecule has 0 bridgehead atoms. The molecule has 0 aliphatic rings. The molecule has 150 valence electrons. The third-order valence-corrected chi connectivity index (χ3v) is 4.55. The van der Waals surface area contributed by atoms with Gasteiger partial charge >= 0.3 is 0 Å². The van der Waals surface area contributed by atoms with Gasteiger partial charge in [0.15, 0.2) is 0 Å². The molecule has 1 heterocycles. The van der Waals surface area contributed by atoms with Gasteiger partial charge in [0.05, 0.1) is 31.3 Å². The van der Waals surface area contributed by atoms with Gasteiger partial charge in [-0.15, -0.1) is 0 Å². The van der Waals surface area contributed by atoms with Crippen LogP contribution in [0.2, 0.25) is 5.15 Å². The average molecular weight is 416 g/mol. The van der Waals surface area contributed by atoms with Gasteiger partial charge in [-0.2, -0.15) is 5.10 Å². The molecular weight excluding hydrogens is 397 g/mol. The Morgan fingerprint density at radius 3 is 2.55 bits per heavy atom. The van der Waals surface area contributed by atoms with E-state index in [0.717, 1.165) is 0 Å². The predicted octanol–water partition coefficient (Wildman–Crippen LogP) is 4.64. The zero-order valence-electron chi connectivity index (χ0n) is 16.1. The van der Waals surface area contributed by atoms with Gasteiger partial charge in [0, 0.05) is 17.7 Å².